The third-order valence-corrected chi connectivity index (χ3v) is 4.65. The number of amides is 1. The number of nitrogens with zero attached hydrogens (tertiary/aromatic N) is 2. The fourth-order valence-corrected chi connectivity index (χ4v) is 3.35. The third kappa shape index (κ3) is 3.52. The van der Waals surface area contributed by atoms with Gasteiger partial charge in [0, 0.05) is 23.3 Å². The number of hydrogen-bond donors (Lipinski definition) is 2. The molecule has 3 heterocycles. The van der Waals surface area contributed by atoms with Crippen LogP contribution in [-0.2, 0) is 0 Å². The van der Waals surface area contributed by atoms with Gasteiger partial charge in [0.1, 0.15) is 5.69 Å². The van der Waals surface area contributed by atoms with Crippen LogP contribution in [0.1, 0.15) is 10.5 Å². The lowest BCUT2D eigenvalue weighted by atomic mass is 10.3. The monoisotopic (exact) mass is 408 g/mol. The molecule has 0 saturated heterocycles. The fraction of sp³-hybridized carbons (Fsp3) is 0.0625. The molecule has 4 rings (SSSR count). The molecule has 0 atom stereocenters. The number of anilines is 3. The summed E-state index contributed by atoms with van der Waals surface area (Å²) in [6.45, 7) is 0.210. The van der Waals surface area contributed by atoms with Gasteiger partial charge in [-0.1, -0.05) is 23.2 Å². The zero-order chi connectivity index (χ0) is 18.1. The fourth-order valence-electron chi connectivity index (χ4n) is 2.21. The van der Waals surface area contributed by atoms with Crippen molar-refractivity contribution in [3.8, 4) is 11.5 Å². The number of carbonyl (C=O) groups is 1. The molecule has 10 heteroatoms. The second-order valence-corrected chi connectivity index (χ2v) is 6.87. The number of hydrogen-bond acceptors (Lipinski definition) is 7. The molecule has 132 valence electrons. The molecule has 2 aromatic heterocycles. The van der Waals surface area contributed by atoms with Gasteiger partial charge in [0.25, 0.3) is 5.91 Å². The lowest BCUT2D eigenvalue weighted by molar-refractivity contribution is 0.102. The topological polar surface area (TPSA) is 85.4 Å². The Morgan fingerprint density at radius 2 is 2.04 bits per heavy atom. The Kier molecular flexibility index (Phi) is 4.54. The molecular weight excluding hydrogens is 399 g/mol. The molecule has 0 radical (unpaired) electrons. The van der Waals surface area contributed by atoms with Gasteiger partial charge in [-0.05, 0) is 18.2 Å². The predicted molar refractivity (Wildman–Crippen MR) is 100 cm³/mol. The molecule has 1 aliphatic rings. The smallest absolute Gasteiger partial charge is 0.276 e. The number of nitrogens with one attached hydrogen (secondary N) is 2. The molecule has 0 spiro atoms. The van der Waals surface area contributed by atoms with E-state index in [4.69, 9.17) is 32.7 Å². The number of ether oxygens (including phenoxy) is 2. The van der Waals surface area contributed by atoms with E-state index in [-0.39, 0.29) is 23.3 Å². The number of rotatable bonds is 4. The first-order chi connectivity index (χ1) is 12.6. The SMILES string of the molecule is O=C(Nc1ncc(Cl)cc1Cl)c1csc(Nc2ccc3c(c2)OCO3)n1. The van der Waals surface area contributed by atoms with Gasteiger partial charge in [-0.15, -0.1) is 11.3 Å². The van der Waals surface area contributed by atoms with Crippen molar-refractivity contribution in [2.24, 2.45) is 0 Å². The molecule has 0 unspecified atom stereocenters. The summed E-state index contributed by atoms with van der Waals surface area (Å²) in [7, 11) is 0. The molecule has 3 aromatic rings. The number of benzene rings is 1. The summed E-state index contributed by atoms with van der Waals surface area (Å²) in [6.07, 6.45) is 1.40. The van der Waals surface area contributed by atoms with Crippen molar-refractivity contribution in [3.05, 3.63) is 51.6 Å². The number of aromatic nitrogens is 2. The van der Waals surface area contributed by atoms with Crippen LogP contribution in [0.2, 0.25) is 10.0 Å². The van der Waals surface area contributed by atoms with Crippen molar-refractivity contribution < 1.29 is 14.3 Å². The van der Waals surface area contributed by atoms with Gasteiger partial charge < -0.3 is 20.1 Å². The predicted octanol–water partition coefficient (Wildman–Crippen LogP) is 4.57. The number of halogens is 2. The largest absolute Gasteiger partial charge is 0.454 e. The lowest BCUT2D eigenvalue weighted by Crippen LogP contribution is -2.13. The van der Waals surface area contributed by atoms with E-state index >= 15 is 0 Å². The highest BCUT2D eigenvalue weighted by atomic mass is 35.5. The summed E-state index contributed by atoms with van der Waals surface area (Å²) in [5, 5.41) is 8.56. The molecule has 0 saturated carbocycles. The molecule has 1 amide bonds. The average molecular weight is 409 g/mol. The molecular formula is C16H10Cl2N4O3S. The van der Waals surface area contributed by atoms with Crippen molar-refractivity contribution in [1.29, 1.82) is 0 Å². The van der Waals surface area contributed by atoms with Gasteiger partial charge in [-0.3, -0.25) is 4.79 Å². The minimum Gasteiger partial charge on any atom is -0.454 e. The number of pyridine rings is 1. The zero-order valence-corrected chi connectivity index (χ0v) is 15.3. The van der Waals surface area contributed by atoms with Crippen LogP contribution in [0.4, 0.5) is 16.6 Å². The van der Waals surface area contributed by atoms with Crippen LogP contribution in [0.3, 0.4) is 0 Å². The van der Waals surface area contributed by atoms with Gasteiger partial charge in [0.05, 0.1) is 10.0 Å². The molecule has 2 N–H and O–H groups in total. The second kappa shape index (κ2) is 6.99. The van der Waals surface area contributed by atoms with E-state index in [0.717, 1.165) is 5.69 Å². The summed E-state index contributed by atoms with van der Waals surface area (Å²) in [4.78, 5) is 20.6. The van der Waals surface area contributed by atoms with E-state index in [1.807, 2.05) is 6.07 Å². The Morgan fingerprint density at radius 3 is 2.88 bits per heavy atom. The molecule has 0 aliphatic carbocycles. The van der Waals surface area contributed by atoms with Crippen LogP contribution in [0, 0.1) is 0 Å². The van der Waals surface area contributed by atoms with Crippen LogP contribution in [0.5, 0.6) is 11.5 Å². The molecule has 26 heavy (non-hydrogen) atoms. The maximum atomic E-state index is 12.3. The molecule has 1 aliphatic heterocycles. The lowest BCUT2D eigenvalue weighted by Gasteiger charge is -2.05. The van der Waals surface area contributed by atoms with Gasteiger partial charge >= 0.3 is 0 Å². The summed E-state index contributed by atoms with van der Waals surface area (Å²) in [5.74, 6) is 1.16. The highest BCUT2D eigenvalue weighted by Crippen LogP contribution is 2.35. The maximum absolute atomic E-state index is 12.3. The minimum atomic E-state index is -0.420. The Labute approximate surface area is 161 Å². The zero-order valence-electron chi connectivity index (χ0n) is 13.0. The Hall–Kier alpha value is -2.55. The van der Waals surface area contributed by atoms with E-state index in [0.29, 0.717) is 21.7 Å². The summed E-state index contributed by atoms with van der Waals surface area (Å²) in [5.41, 5.74) is 1.02. The van der Waals surface area contributed by atoms with Crippen molar-refractivity contribution in [1.82, 2.24) is 9.97 Å². The van der Waals surface area contributed by atoms with Crippen LogP contribution < -0.4 is 20.1 Å². The Bertz CT molecular complexity index is 995. The Balaban J connectivity index is 1.46. The highest BCUT2D eigenvalue weighted by molar-refractivity contribution is 7.14. The van der Waals surface area contributed by atoms with Crippen LogP contribution in [0.15, 0.2) is 35.8 Å². The van der Waals surface area contributed by atoms with Crippen molar-refractivity contribution >= 4 is 57.1 Å². The summed E-state index contributed by atoms with van der Waals surface area (Å²) in [6, 6.07) is 6.95. The van der Waals surface area contributed by atoms with Crippen molar-refractivity contribution in [2.45, 2.75) is 0 Å². The van der Waals surface area contributed by atoms with Gasteiger partial charge in [0.15, 0.2) is 22.4 Å². The van der Waals surface area contributed by atoms with Gasteiger partial charge in [-0.25, -0.2) is 9.97 Å². The van der Waals surface area contributed by atoms with Crippen LogP contribution >= 0.6 is 34.5 Å². The summed E-state index contributed by atoms with van der Waals surface area (Å²) < 4.78 is 10.6. The van der Waals surface area contributed by atoms with E-state index in [2.05, 4.69) is 20.6 Å². The quantitative estimate of drug-likeness (QED) is 0.657. The first kappa shape index (κ1) is 16.9. The summed E-state index contributed by atoms with van der Waals surface area (Å²) >= 11 is 13.1. The first-order valence-electron chi connectivity index (χ1n) is 7.33. The third-order valence-electron chi connectivity index (χ3n) is 3.40. The number of carbonyl (C=O) groups excluding carboxylic acids is 1. The average Bonchev–Trinajstić information content (AvgIpc) is 3.26. The van der Waals surface area contributed by atoms with Gasteiger partial charge in [0.2, 0.25) is 6.79 Å². The van der Waals surface area contributed by atoms with Crippen molar-refractivity contribution in [2.75, 3.05) is 17.4 Å². The second-order valence-electron chi connectivity index (χ2n) is 5.17. The van der Waals surface area contributed by atoms with E-state index in [9.17, 15) is 4.79 Å². The van der Waals surface area contributed by atoms with E-state index in [1.54, 1.807) is 17.5 Å². The minimum absolute atomic E-state index is 0.210. The van der Waals surface area contributed by atoms with Crippen LogP contribution in [0.25, 0.3) is 0 Å². The van der Waals surface area contributed by atoms with E-state index in [1.165, 1.54) is 23.6 Å². The standard InChI is InChI=1S/C16H10Cl2N4O3S/c17-8-3-10(18)14(19-5-8)22-15(23)11-6-26-16(21-11)20-9-1-2-12-13(4-9)25-7-24-12/h1-6H,7H2,(H,20,21)(H,19,22,23). The molecule has 1 aromatic carbocycles. The van der Waals surface area contributed by atoms with Crippen molar-refractivity contribution in [3.63, 3.8) is 0 Å². The van der Waals surface area contributed by atoms with Gasteiger partial charge in [-0.2, -0.15) is 0 Å². The van der Waals surface area contributed by atoms with Crippen LogP contribution in [-0.4, -0.2) is 22.7 Å². The number of thiazole rings is 1. The highest BCUT2D eigenvalue weighted by Gasteiger charge is 2.16. The Morgan fingerprint density at radius 1 is 1.19 bits per heavy atom. The molecule has 0 fully saturated rings. The number of fused-ring (bicyclic) bond motifs is 1. The molecule has 0 bridgehead atoms. The first-order valence-corrected chi connectivity index (χ1v) is 8.96. The van der Waals surface area contributed by atoms with E-state index < -0.39 is 5.91 Å². The normalized spacial score (nSPS) is 12.1. The molecule has 7 nitrogen and oxygen atoms in total. The maximum Gasteiger partial charge on any atom is 0.276 e.